The molecule has 0 spiro atoms. The minimum atomic E-state index is -0.449. The minimum Gasteiger partial charge on any atom is -0.496 e. The molecule has 0 atom stereocenters. The normalized spacial score (nSPS) is 16.1. The molecule has 0 saturated carbocycles. The van der Waals surface area contributed by atoms with E-state index in [2.05, 4.69) is 46.8 Å². The second-order valence-corrected chi connectivity index (χ2v) is 12.3. The number of esters is 1. The van der Waals surface area contributed by atoms with Crippen molar-refractivity contribution in [3.63, 3.8) is 0 Å². The van der Waals surface area contributed by atoms with Gasteiger partial charge in [-0.05, 0) is 82.8 Å². The van der Waals surface area contributed by atoms with E-state index in [4.69, 9.17) is 19.2 Å². The summed E-state index contributed by atoms with van der Waals surface area (Å²) in [6.45, 7) is 11.7. The number of thiazole rings is 1. The van der Waals surface area contributed by atoms with Crippen LogP contribution in [0.4, 0.5) is 5.13 Å². The molecule has 39 heavy (non-hydrogen) atoms. The number of piperidine rings is 1. The largest absolute Gasteiger partial charge is 0.496 e. The van der Waals surface area contributed by atoms with E-state index in [1.54, 1.807) is 18.4 Å². The summed E-state index contributed by atoms with van der Waals surface area (Å²) >= 11 is 1.64. The van der Waals surface area contributed by atoms with E-state index < -0.39 is 5.60 Å². The molecular weight excluding hydrogens is 510 g/mol. The number of rotatable bonds is 7. The predicted molar refractivity (Wildman–Crippen MR) is 156 cm³/mol. The van der Waals surface area contributed by atoms with E-state index in [1.807, 2.05) is 26.8 Å². The maximum Gasteiger partial charge on any atom is 0.309 e. The third-order valence-corrected chi connectivity index (χ3v) is 8.16. The second-order valence-electron chi connectivity index (χ2n) is 11.5. The summed E-state index contributed by atoms with van der Waals surface area (Å²) < 4.78 is 17.7. The third-order valence-electron chi connectivity index (χ3n) is 7.26. The predicted octanol–water partition coefficient (Wildman–Crippen LogP) is 5.91. The van der Waals surface area contributed by atoms with Crippen molar-refractivity contribution in [2.24, 2.45) is 5.92 Å². The van der Waals surface area contributed by atoms with Crippen LogP contribution in [-0.2, 0) is 29.1 Å². The first-order valence-electron chi connectivity index (χ1n) is 13.8. The van der Waals surface area contributed by atoms with Crippen LogP contribution in [0.25, 0.3) is 11.3 Å². The van der Waals surface area contributed by atoms with Crippen LogP contribution in [0.5, 0.6) is 11.5 Å². The molecule has 1 aromatic heterocycles. The maximum absolute atomic E-state index is 12.5. The van der Waals surface area contributed by atoms with Gasteiger partial charge in [-0.2, -0.15) is 0 Å². The number of aryl methyl sites for hydroxylation is 1. The molecule has 1 fully saturated rings. The molecular formula is C31H39N3O4S. The summed E-state index contributed by atoms with van der Waals surface area (Å²) in [6, 6.07) is 10.6. The van der Waals surface area contributed by atoms with Crippen LogP contribution in [-0.4, -0.2) is 43.3 Å². The SMILES string of the molecule is COc1cc(COc2ccc(C)cc2-c2csc(N3CCC(C(=O)OC(C)(C)C)CC3)n2)cc2c1CNCC2. The average Bonchev–Trinajstić information content (AvgIpc) is 3.41. The fraction of sp³-hybridized carbons (Fsp3) is 0.484. The van der Waals surface area contributed by atoms with Gasteiger partial charge in [0.05, 0.1) is 18.7 Å². The van der Waals surface area contributed by atoms with Crippen molar-refractivity contribution in [2.45, 2.75) is 65.7 Å². The molecule has 0 aliphatic carbocycles. The van der Waals surface area contributed by atoms with Crippen molar-refractivity contribution in [3.05, 3.63) is 58.0 Å². The number of anilines is 1. The molecule has 5 rings (SSSR count). The lowest BCUT2D eigenvalue weighted by Crippen LogP contribution is -2.38. The molecule has 208 valence electrons. The van der Waals surface area contributed by atoms with Crippen LogP contribution in [0, 0.1) is 12.8 Å². The number of hydrogen-bond acceptors (Lipinski definition) is 8. The van der Waals surface area contributed by atoms with E-state index in [9.17, 15) is 4.79 Å². The van der Waals surface area contributed by atoms with E-state index in [1.165, 1.54) is 11.1 Å². The number of nitrogens with zero attached hydrogens (tertiary/aromatic N) is 2. The Bertz CT molecular complexity index is 1300. The Balaban J connectivity index is 1.28. The lowest BCUT2D eigenvalue weighted by atomic mass is 9.97. The van der Waals surface area contributed by atoms with Gasteiger partial charge in [0.1, 0.15) is 23.7 Å². The summed E-state index contributed by atoms with van der Waals surface area (Å²) in [7, 11) is 1.73. The zero-order valence-corrected chi connectivity index (χ0v) is 24.5. The summed E-state index contributed by atoms with van der Waals surface area (Å²) in [5.74, 6) is 1.60. The minimum absolute atomic E-state index is 0.0461. The zero-order valence-electron chi connectivity index (χ0n) is 23.6. The van der Waals surface area contributed by atoms with Crippen molar-refractivity contribution in [2.75, 3.05) is 31.6 Å². The van der Waals surface area contributed by atoms with Gasteiger partial charge in [-0.25, -0.2) is 4.98 Å². The molecule has 1 N–H and O–H groups in total. The molecule has 3 heterocycles. The highest BCUT2D eigenvalue weighted by Gasteiger charge is 2.30. The first-order valence-corrected chi connectivity index (χ1v) is 14.6. The average molecular weight is 550 g/mol. The lowest BCUT2D eigenvalue weighted by molar-refractivity contribution is -0.160. The topological polar surface area (TPSA) is 72.9 Å². The van der Waals surface area contributed by atoms with Gasteiger partial charge in [-0.3, -0.25) is 4.79 Å². The zero-order chi connectivity index (χ0) is 27.6. The highest BCUT2D eigenvalue weighted by Crippen LogP contribution is 2.36. The number of aromatic nitrogens is 1. The molecule has 8 heteroatoms. The van der Waals surface area contributed by atoms with E-state index in [0.29, 0.717) is 6.61 Å². The fourth-order valence-corrected chi connectivity index (χ4v) is 6.13. The van der Waals surface area contributed by atoms with Crippen LogP contribution in [0.1, 0.15) is 55.9 Å². The number of fused-ring (bicyclic) bond motifs is 1. The van der Waals surface area contributed by atoms with Crippen molar-refractivity contribution in [1.29, 1.82) is 0 Å². The number of nitrogens with one attached hydrogen (secondary N) is 1. The van der Waals surface area contributed by atoms with Crippen molar-refractivity contribution < 1.29 is 19.0 Å². The third kappa shape index (κ3) is 6.56. The monoisotopic (exact) mass is 549 g/mol. The van der Waals surface area contributed by atoms with Crippen LogP contribution >= 0.6 is 11.3 Å². The molecule has 2 aromatic carbocycles. The van der Waals surface area contributed by atoms with Gasteiger partial charge in [0, 0.05) is 36.1 Å². The van der Waals surface area contributed by atoms with Gasteiger partial charge in [-0.1, -0.05) is 17.7 Å². The van der Waals surface area contributed by atoms with Gasteiger partial charge in [0.2, 0.25) is 0 Å². The molecule has 0 radical (unpaired) electrons. The molecule has 0 unspecified atom stereocenters. The van der Waals surface area contributed by atoms with Gasteiger partial charge in [-0.15, -0.1) is 11.3 Å². The van der Waals surface area contributed by atoms with Crippen molar-refractivity contribution in [1.82, 2.24) is 10.3 Å². The number of methoxy groups -OCH3 is 1. The van der Waals surface area contributed by atoms with Crippen LogP contribution in [0.15, 0.2) is 35.7 Å². The Morgan fingerprint density at radius 1 is 1.15 bits per heavy atom. The standard InChI is InChI=1S/C31H39N3O4S/c1-20-6-7-27(37-18-21-15-23-8-11-32-17-25(23)28(16-21)36-5)24(14-20)26-19-39-30(33-26)34-12-9-22(10-13-34)29(35)38-31(2,3)4/h6-7,14-16,19,22,32H,8-13,17-18H2,1-5H3. The first-order chi connectivity index (χ1) is 18.7. The molecule has 3 aromatic rings. The molecule has 7 nitrogen and oxygen atoms in total. The number of benzene rings is 2. The van der Waals surface area contributed by atoms with E-state index in [0.717, 1.165) is 84.5 Å². The van der Waals surface area contributed by atoms with Gasteiger partial charge in [0.25, 0.3) is 0 Å². The van der Waals surface area contributed by atoms with E-state index >= 15 is 0 Å². The smallest absolute Gasteiger partial charge is 0.309 e. The quantitative estimate of drug-likeness (QED) is 0.367. The summed E-state index contributed by atoms with van der Waals surface area (Å²) in [5, 5.41) is 6.51. The number of carbonyl (C=O) groups excluding carboxylic acids is 1. The van der Waals surface area contributed by atoms with Gasteiger partial charge >= 0.3 is 5.97 Å². The molecule has 2 aliphatic rings. The summed E-state index contributed by atoms with van der Waals surface area (Å²) in [5.41, 5.74) is 6.30. The molecule has 0 amide bonds. The molecule has 0 bridgehead atoms. The van der Waals surface area contributed by atoms with Gasteiger partial charge in [0.15, 0.2) is 5.13 Å². The first kappa shape index (κ1) is 27.5. The van der Waals surface area contributed by atoms with Crippen molar-refractivity contribution in [3.8, 4) is 22.8 Å². The summed E-state index contributed by atoms with van der Waals surface area (Å²) in [4.78, 5) is 19.8. The Morgan fingerprint density at radius 3 is 2.69 bits per heavy atom. The fourth-order valence-electron chi connectivity index (χ4n) is 5.25. The number of carbonyl (C=O) groups is 1. The highest BCUT2D eigenvalue weighted by atomic mass is 32.1. The highest BCUT2D eigenvalue weighted by molar-refractivity contribution is 7.14. The van der Waals surface area contributed by atoms with Gasteiger partial charge < -0.3 is 24.4 Å². The Hall–Kier alpha value is -3.10. The van der Waals surface area contributed by atoms with Crippen LogP contribution in [0.2, 0.25) is 0 Å². The van der Waals surface area contributed by atoms with E-state index in [-0.39, 0.29) is 11.9 Å². The lowest BCUT2D eigenvalue weighted by Gasteiger charge is -2.32. The second kappa shape index (κ2) is 11.6. The molecule has 1 saturated heterocycles. The summed E-state index contributed by atoms with van der Waals surface area (Å²) in [6.07, 6.45) is 2.55. The van der Waals surface area contributed by atoms with Crippen LogP contribution < -0.4 is 19.7 Å². The number of hydrogen-bond donors (Lipinski definition) is 1. The Labute approximate surface area is 235 Å². The van der Waals surface area contributed by atoms with Crippen LogP contribution in [0.3, 0.4) is 0 Å². The van der Waals surface area contributed by atoms with Crippen molar-refractivity contribution >= 4 is 22.4 Å². The molecule has 2 aliphatic heterocycles. The number of ether oxygens (including phenoxy) is 3. The Kier molecular flexibility index (Phi) is 8.14. The Morgan fingerprint density at radius 2 is 1.95 bits per heavy atom. The maximum atomic E-state index is 12.5.